The van der Waals surface area contributed by atoms with Crippen LogP contribution < -0.4 is 15.8 Å². The lowest BCUT2D eigenvalue weighted by Gasteiger charge is -2.32. The van der Waals surface area contributed by atoms with Crippen LogP contribution in [-0.4, -0.2) is 29.7 Å². The van der Waals surface area contributed by atoms with Gasteiger partial charge >= 0.3 is 0 Å². The summed E-state index contributed by atoms with van der Waals surface area (Å²) in [6, 6.07) is 8.85. The Morgan fingerprint density at radius 1 is 1.24 bits per heavy atom. The molecule has 1 fully saturated rings. The van der Waals surface area contributed by atoms with Crippen molar-refractivity contribution in [2.24, 2.45) is 10.9 Å². The van der Waals surface area contributed by atoms with Gasteiger partial charge in [0.15, 0.2) is 0 Å². The summed E-state index contributed by atoms with van der Waals surface area (Å²) in [4.78, 5) is 29.2. The molecule has 0 spiro atoms. The van der Waals surface area contributed by atoms with Crippen molar-refractivity contribution in [3.8, 4) is 0 Å². The molecule has 134 valence electrons. The van der Waals surface area contributed by atoms with Crippen molar-refractivity contribution >= 4 is 23.3 Å². The summed E-state index contributed by atoms with van der Waals surface area (Å²) < 4.78 is 0. The Labute approximate surface area is 148 Å². The Kier molecular flexibility index (Phi) is 5.36. The molecule has 6 nitrogen and oxygen atoms in total. The van der Waals surface area contributed by atoms with Crippen LogP contribution in [0.5, 0.6) is 0 Å². The fourth-order valence-corrected chi connectivity index (χ4v) is 3.47. The molecule has 1 heterocycles. The Morgan fingerprint density at radius 2 is 1.92 bits per heavy atom. The van der Waals surface area contributed by atoms with Gasteiger partial charge in [0, 0.05) is 6.04 Å². The molecule has 1 aromatic rings. The van der Waals surface area contributed by atoms with Crippen LogP contribution in [0.3, 0.4) is 0 Å². The molecule has 1 saturated carbocycles. The molecule has 2 amide bonds. The second kappa shape index (κ2) is 7.68. The van der Waals surface area contributed by atoms with E-state index in [1.165, 1.54) is 11.4 Å². The Hall–Kier alpha value is -2.37. The number of amides is 2. The standard InChI is InChI=1S/C19H26N4O2/c1-3-14-9-11-15(12-10-14)21-18(24)17-20-13(2)19(25)23(22-17)16-7-5-4-6-8-16/h4-8,13-15H,3,9-12H2,1-2H3,(H,20,22)(H,21,24). The number of hydrazine groups is 1. The van der Waals surface area contributed by atoms with Gasteiger partial charge in [-0.2, -0.15) is 0 Å². The molecule has 6 heteroatoms. The van der Waals surface area contributed by atoms with E-state index in [1.54, 1.807) is 6.92 Å². The fourth-order valence-electron chi connectivity index (χ4n) is 3.47. The van der Waals surface area contributed by atoms with Gasteiger partial charge in [0.05, 0.1) is 5.69 Å². The number of carbonyl (C=O) groups is 2. The molecular weight excluding hydrogens is 316 g/mol. The zero-order chi connectivity index (χ0) is 17.8. The lowest BCUT2D eigenvalue weighted by molar-refractivity contribution is -0.120. The van der Waals surface area contributed by atoms with Crippen LogP contribution in [0.4, 0.5) is 5.69 Å². The van der Waals surface area contributed by atoms with E-state index >= 15 is 0 Å². The van der Waals surface area contributed by atoms with Crippen LogP contribution in [0.25, 0.3) is 0 Å². The predicted octanol–water partition coefficient (Wildman–Crippen LogP) is 2.41. The van der Waals surface area contributed by atoms with Gasteiger partial charge in [-0.15, -0.1) is 0 Å². The van der Waals surface area contributed by atoms with Crippen LogP contribution in [0.15, 0.2) is 35.3 Å². The zero-order valence-corrected chi connectivity index (χ0v) is 14.9. The third kappa shape index (κ3) is 4.00. The smallest absolute Gasteiger partial charge is 0.288 e. The van der Waals surface area contributed by atoms with E-state index in [-0.39, 0.29) is 23.7 Å². The third-order valence-corrected chi connectivity index (χ3v) is 5.11. The van der Waals surface area contributed by atoms with Gasteiger partial charge in [-0.1, -0.05) is 31.5 Å². The SMILES string of the molecule is CCC1CCC(NC(=O)C2=NC(C)C(=O)N(c3ccccc3)N2)CC1. The Balaban J connectivity index is 1.66. The minimum atomic E-state index is -0.585. The molecule has 2 aliphatic rings. The number of carbonyl (C=O) groups excluding carboxylic acids is 2. The van der Waals surface area contributed by atoms with E-state index in [0.29, 0.717) is 5.69 Å². The maximum atomic E-state index is 12.6. The van der Waals surface area contributed by atoms with Crippen molar-refractivity contribution in [1.82, 2.24) is 10.7 Å². The third-order valence-electron chi connectivity index (χ3n) is 5.11. The molecule has 2 N–H and O–H groups in total. The zero-order valence-electron chi connectivity index (χ0n) is 14.9. The van der Waals surface area contributed by atoms with Crippen molar-refractivity contribution in [2.75, 3.05) is 5.01 Å². The molecule has 3 rings (SSSR count). The molecule has 0 bridgehead atoms. The first-order chi connectivity index (χ1) is 12.1. The number of nitrogens with one attached hydrogen (secondary N) is 2. The highest BCUT2D eigenvalue weighted by Gasteiger charge is 2.31. The highest BCUT2D eigenvalue weighted by Crippen LogP contribution is 2.26. The monoisotopic (exact) mass is 342 g/mol. The molecule has 25 heavy (non-hydrogen) atoms. The Bertz CT molecular complexity index is 651. The average molecular weight is 342 g/mol. The van der Waals surface area contributed by atoms with Crippen LogP contribution >= 0.6 is 0 Å². The molecule has 1 aromatic carbocycles. The number of hydrogen-bond donors (Lipinski definition) is 2. The summed E-state index contributed by atoms with van der Waals surface area (Å²) in [5, 5.41) is 4.47. The second-order valence-electron chi connectivity index (χ2n) is 6.87. The van der Waals surface area contributed by atoms with E-state index in [4.69, 9.17) is 0 Å². The van der Waals surface area contributed by atoms with E-state index in [1.807, 2.05) is 30.3 Å². The van der Waals surface area contributed by atoms with E-state index in [0.717, 1.165) is 31.6 Å². The topological polar surface area (TPSA) is 73.8 Å². The molecule has 0 aromatic heterocycles. The number of nitrogens with zero attached hydrogens (tertiary/aromatic N) is 2. The van der Waals surface area contributed by atoms with Crippen LogP contribution in [0, 0.1) is 5.92 Å². The number of benzene rings is 1. The maximum absolute atomic E-state index is 12.6. The normalized spacial score (nSPS) is 26.6. The lowest BCUT2D eigenvalue weighted by Crippen LogP contribution is -2.58. The van der Waals surface area contributed by atoms with Crippen molar-refractivity contribution in [2.45, 2.75) is 58.0 Å². The number of para-hydroxylation sites is 1. The van der Waals surface area contributed by atoms with Gasteiger partial charge in [-0.25, -0.2) is 10.0 Å². The summed E-state index contributed by atoms with van der Waals surface area (Å²) in [5.74, 6) is 0.574. The summed E-state index contributed by atoms with van der Waals surface area (Å²) >= 11 is 0. The van der Waals surface area contributed by atoms with Crippen LogP contribution in [-0.2, 0) is 9.59 Å². The van der Waals surface area contributed by atoms with Crippen molar-refractivity contribution < 1.29 is 9.59 Å². The first kappa shape index (κ1) is 17.5. The van der Waals surface area contributed by atoms with Gasteiger partial charge in [0.1, 0.15) is 6.04 Å². The highest BCUT2D eigenvalue weighted by molar-refractivity contribution is 6.39. The fraction of sp³-hybridized carbons (Fsp3) is 0.526. The molecule has 1 aliphatic carbocycles. The van der Waals surface area contributed by atoms with E-state index in [2.05, 4.69) is 22.7 Å². The maximum Gasteiger partial charge on any atom is 0.288 e. The van der Waals surface area contributed by atoms with Gasteiger partial charge in [-0.3, -0.25) is 15.0 Å². The summed E-state index contributed by atoms with van der Waals surface area (Å²) in [6.07, 6.45) is 5.54. The molecule has 1 aliphatic heterocycles. The van der Waals surface area contributed by atoms with Gasteiger partial charge in [-0.05, 0) is 50.7 Å². The van der Waals surface area contributed by atoms with Gasteiger partial charge in [0.25, 0.3) is 11.8 Å². The predicted molar refractivity (Wildman–Crippen MR) is 98.1 cm³/mol. The summed E-state index contributed by atoms with van der Waals surface area (Å²) in [6.45, 7) is 3.93. The first-order valence-corrected chi connectivity index (χ1v) is 9.12. The lowest BCUT2D eigenvalue weighted by atomic mass is 9.84. The molecule has 0 radical (unpaired) electrons. The number of anilines is 1. The summed E-state index contributed by atoms with van der Waals surface area (Å²) in [7, 11) is 0. The minimum absolute atomic E-state index is 0.175. The number of hydrogen-bond acceptors (Lipinski definition) is 4. The minimum Gasteiger partial charge on any atom is -0.347 e. The van der Waals surface area contributed by atoms with Gasteiger partial charge in [0.2, 0.25) is 5.84 Å². The number of aliphatic imine (C=N–C) groups is 1. The highest BCUT2D eigenvalue weighted by atomic mass is 16.2. The van der Waals surface area contributed by atoms with Crippen LogP contribution in [0.2, 0.25) is 0 Å². The van der Waals surface area contributed by atoms with Crippen molar-refractivity contribution in [1.29, 1.82) is 0 Å². The number of amidine groups is 1. The van der Waals surface area contributed by atoms with Gasteiger partial charge < -0.3 is 5.32 Å². The molecule has 1 atom stereocenters. The van der Waals surface area contributed by atoms with Crippen molar-refractivity contribution in [3.05, 3.63) is 30.3 Å². The number of rotatable bonds is 4. The summed E-state index contributed by atoms with van der Waals surface area (Å²) in [5.41, 5.74) is 3.58. The Morgan fingerprint density at radius 3 is 2.56 bits per heavy atom. The first-order valence-electron chi connectivity index (χ1n) is 9.12. The second-order valence-corrected chi connectivity index (χ2v) is 6.87. The molecule has 0 saturated heterocycles. The average Bonchev–Trinajstić information content (AvgIpc) is 2.65. The van der Waals surface area contributed by atoms with E-state index in [9.17, 15) is 9.59 Å². The van der Waals surface area contributed by atoms with Crippen molar-refractivity contribution in [3.63, 3.8) is 0 Å². The van der Waals surface area contributed by atoms with Crippen LogP contribution in [0.1, 0.15) is 46.0 Å². The molecular formula is C19H26N4O2. The quantitative estimate of drug-likeness (QED) is 0.882. The largest absolute Gasteiger partial charge is 0.347 e. The molecule has 1 unspecified atom stereocenters. The van der Waals surface area contributed by atoms with E-state index < -0.39 is 6.04 Å².